The van der Waals surface area contributed by atoms with Gasteiger partial charge in [0.15, 0.2) is 5.58 Å². The molecule has 0 amide bonds. The lowest BCUT2D eigenvalue weighted by molar-refractivity contribution is 0.220. The molecule has 4 nitrogen and oxygen atoms in total. The number of hydrogen-bond acceptors (Lipinski definition) is 3. The molecule has 0 fully saturated rings. The molecule has 0 saturated heterocycles. The van der Waals surface area contributed by atoms with Crippen molar-refractivity contribution in [2.75, 3.05) is 0 Å². The van der Waals surface area contributed by atoms with Crippen molar-refractivity contribution in [2.45, 2.75) is 6.10 Å². The van der Waals surface area contributed by atoms with Crippen molar-refractivity contribution in [3.05, 3.63) is 68.1 Å². The average molecular weight is 310 g/mol. The number of benzene rings is 2. The number of aliphatic hydroxyl groups excluding tert-OH is 1. The van der Waals surface area contributed by atoms with Crippen molar-refractivity contribution in [1.82, 2.24) is 4.98 Å². The van der Waals surface area contributed by atoms with Crippen LogP contribution in [0.15, 0.2) is 45.6 Å². The van der Waals surface area contributed by atoms with Gasteiger partial charge in [-0.1, -0.05) is 29.3 Å². The highest BCUT2D eigenvalue weighted by molar-refractivity contribution is 6.33. The largest absolute Gasteiger partial charge is 0.417 e. The van der Waals surface area contributed by atoms with Crippen molar-refractivity contribution in [3.63, 3.8) is 0 Å². The maximum Gasteiger partial charge on any atom is 0.417 e. The number of aromatic amines is 1. The maximum absolute atomic E-state index is 11.1. The van der Waals surface area contributed by atoms with Crippen LogP contribution >= 0.6 is 23.2 Å². The molecule has 1 aromatic heterocycles. The van der Waals surface area contributed by atoms with Crippen LogP contribution in [0.4, 0.5) is 0 Å². The first-order chi connectivity index (χ1) is 9.54. The van der Waals surface area contributed by atoms with E-state index in [9.17, 15) is 9.90 Å². The molecular formula is C14H9Cl2NO3. The molecule has 20 heavy (non-hydrogen) atoms. The van der Waals surface area contributed by atoms with Crippen LogP contribution in [0, 0.1) is 0 Å². The van der Waals surface area contributed by atoms with Crippen LogP contribution in [0.3, 0.4) is 0 Å². The Bertz CT molecular complexity index is 838. The van der Waals surface area contributed by atoms with Gasteiger partial charge in [0, 0.05) is 15.6 Å². The van der Waals surface area contributed by atoms with Crippen LogP contribution in [0.25, 0.3) is 11.1 Å². The number of H-pyrrole nitrogens is 1. The Balaban J connectivity index is 2.09. The van der Waals surface area contributed by atoms with Crippen molar-refractivity contribution < 1.29 is 9.52 Å². The van der Waals surface area contributed by atoms with Gasteiger partial charge in [-0.2, -0.15) is 0 Å². The summed E-state index contributed by atoms with van der Waals surface area (Å²) in [5, 5.41) is 11.3. The number of aromatic nitrogens is 1. The van der Waals surface area contributed by atoms with Gasteiger partial charge in [0.2, 0.25) is 0 Å². The molecule has 0 aliphatic carbocycles. The Labute approximate surface area is 123 Å². The van der Waals surface area contributed by atoms with Crippen LogP contribution < -0.4 is 5.76 Å². The second kappa shape index (κ2) is 4.98. The van der Waals surface area contributed by atoms with Gasteiger partial charge in [-0.05, 0) is 35.9 Å². The Hall–Kier alpha value is -1.75. The number of oxazole rings is 1. The fourth-order valence-corrected chi connectivity index (χ4v) is 2.44. The maximum atomic E-state index is 11.1. The minimum atomic E-state index is -0.953. The molecule has 0 aliphatic rings. The Morgan fingerprint density at radius 1 is 1.15 bits per heavy atom. The van der Waals surface area contributed by atoms with Gasteiger partial charge < -0.3 is 9.52 Å². The fraction of sp³-hybridized carbons (Fsp3) is 0.0714. The van der Waals surface area contributed by atoms with Gasteiger partial charge in [0.05, 0.1) is 5.52 Å². The van der Waals surface area contributed by atoms with E-state index >= 15 is 0 Å². The smallest absolute Gasteiger partial charge is 0.408 e. The lowest BCUT2D eigenvalue weighted by Gasteiger charge is -2.13. The third-order valence-electron chi connectivity index (χ3n) is 3.01. The summed E-state index contributed by atoms with van der Waals surface area (Å²) in [6.45, 7) is 0. The van der Waals surface area contributed by atoms with Crippen molar-refractivity contribution in [3.8, 4) is 0 Å². The molecule has 102 valence electrons. The Kier molecular flexibility index (Phi) is 3.30. The van der Waals surface area contributed by atoms with Crippen molar-refractivity contribution in [1.29, 1.82) is 0 Å². The molecule has 0 bridgehead atoms. The van der Waals surface area contributed by atoms with Crippen molar-refractivity contribution >= 4 is 34.3 Å². The lowest BCUT2D eigenvalue weighted by Crippen LogP contribution is -2.00. The quantitative estimate of drug-likeness (QED) is 0.761. The molecule has 2 aromatic carbocycles. The normalized spacial score (nSPS) is 12.8. The molecule has 6 heteroatoms. The van der Waals surface area contributed by atoms with Gasteiger partial charge in [-0.25, -0.2) is 4.79 Å². The van der Waals surface area contributed by atoms with Crippen molar-refractivity contribution in [2.24, 2.45) is 0 Å². The molecule has 0 aliphatic heterocycles. The summed E-state index contributed by atoms with van der Waals surface area (Å²) in [6.07, 6.45) is -0.953. The predicted octanol–water partition coefficient (Wildman–Crippen LogP) is 3.51. The number of nitrogens with one attached hydrogen (secondary N) is 1. The summed E-state index contributed by atoms with van der Waals surface area (Å²) in [5.41, 5.74) is 2.01. The average Bonchev–Trinajstić information content (AvgIpc) is 2.79. The summed E-state index contributed by atoms with van der Waals surface area (Å²) in [5.74, 6) is -0.535. The van der Waals surface area contributed by atoms with Gasteiger partial charge >= 0.3 is 5.76 Å². The van der Waals surface area contributed by atoms with Gasteiger partial charge in [-0.3, -0.25) is 4.98 Å². The molecule has 0 radical (unpaired) electrons. The summed E-state index contributed by atoms with van der Waals surface area (Å²) in [7, 11) is 0. The van der Waals surface area contributed by atoms with E-state index in [1.807, 2.05) is 0 Å². The van der Waals surface area contributed by atoms with E-state index in [2.05, 4.69) is 4.98 Å². The molecule has 0 saturated carbocycles. The number of hydrogen-bond donors (Lipinski definition) is 2. The highest BCUT2D eigenvalue weighted by Crippen LogP contribution is 2.31. The number of rotatable bonds is 2. The minimum Gasteiger partial charge on any atom is -0.408 e. The summed E-state index contributed by atoms with van der Waals surface area (Å²) in [4.78, 5) is 13.6. The second-order valence-corrected chi connectivity index (χ2v) is 5.18. The number of halogens is 2. The molecule has 1 unspecified atom stereocenters. The monoisotopic (exact) mass is 309 g/mol. The highest BCUT2D eigenvalue weighted by Gasteiger charge is 2.16. The molecule has 3 rings (SSSR count). The Morgan fingerprint density at radius 2 is 1.95 bits per heavy atom. The molecule has 1 heterocycles. The number of aliphatic hydroxyl groups is 1. The van der Waals surface area contributed by atoms with Gasteiger partial charge in [0.1, 0.15) is 6.10 Å². The molecular weight excluding hydrogens is 301 g/mol. The van der Waals surface area contributed by atoms with Crippen LogP contribution in [0.1, 0.15) is 17.2 Å². The first-order valence-electron chi connectivity index (χ1n) is 5.80. The van der Waals surface area contributed by atoms with E-state index in [0.717, 1.165) is 0 Å². The van der Waals surface area contributed by atoms with E-state index in [-0.39, 0.29) is 0 Å². The zero-order valence-corrected chi connectivity index (χ0v) is 11.6. The predicted molar refractivity (Wildman–Crippen MR) is 77.4 cm³/mol. The highest BCUT2D eigenvalue weighted by atomic mass is 35.5. The van der Waals surface area contributed by atoms with Crippen LogP contribution in [-0.2, 0) is 0 Å². The van der Waals surface area contributed by atoms with E-state index in [1.54, 1.807) is 36.4 Å². The number of fused-ring (bicyclic) bond motifs is 1. The third kappa shape index (κ3) is 2.33. The second-order valence-electron chi connectivity index (χ2n) is 4.34. The topological polar surface area (TPSA) is 66.2 Å². The minimum absolute atomic E-state index is 0.379. The molecule has 0 spiro atoms. The van der Waals surface area contributed by atoms with E-state index in [0.29, 0.717) is 32.3 Å². The first kappa shape index (κ1) is 13.2. The van der Waals surface area contributed by atoms with Gasteiger partial charge in [0.25, 0.3) is 0 Å². The summed E-state index contributed by atoms with van der Waals surface area (Å²) < 4.78 is 4.97. The molecule has 1 atom stereocenters. The molecule has 3 aromatic rings. The Morgan fingerprint density at radius 3 is 2.75 bits per heavy atom. The standard InChI is InChI=1S/C14H9Cl2NO3/c15-8-2-3-10(16)9(6-8)13(18)7-1-4-11-12(5-7)20-14(19)17-11/h1-6,13,18H,(H,17,19). The third-order valence-corrected chi connectivity index (χ3v) is 3.59. The zero-order chi connectivity index (χ0) is 14.3. The van der Waals surface area contributed by atoms with Crippen LogP contribution in [0.2, 0.25) is 10.0 Å². The van der Waals surface area contributed by atoms with Crippen LogP contribution in [-0.4, -0.2) is 10.1 Å². The van der Waals surface area contributed by atoms with E-state index in [1.165, 1.54) is 0 Å². The molecule has 2 N–H and O–H groups in total. The van der Waals surface area contributed by atoms with Gasteiger partial charge in [-0.15, -0.1) is 0 Å². The zero-order valence-electron chi connectivity index (χ0n) is 10.1. The first-order valence-corrected chi connectivity index (χ1v) is 6.56. The fourth-order valence-electron chi connectivity index (χ4n) is 2.04. The summed E-state index contributed by atoms with van der Waals surface area (Å²) >= 11 is 12.0. The van der Waals surface area contributed by atoms with Crippen LogP contribution in [0.5, 0.6) is 0 Å². The van der Waals surface area contributed by atoms with E-state index in [4.69, 9.17) is 27.6 Å². The summed E-state index contributed by atoms with van der Waals surface area (Å²) in [6, 6.07) is 9.82. The van der Waals surface area contributed by atoms with E-state index < -0.39 is 11.9 Å². The lowest BCUT2D eigenvalue weighted by atomic mass is 10.0. The SMILES string of the molecule is O=c1[nH]c2ccc(C(O)c3cc(Cl)ccc3Cl)cc2o1.